The predicted molar refractivity (Wildman–Crippen MR) is 121 cm³/mol. The fraction of sp³-hybridized carbons (Fsp3) is 0.261. The van der Waals surface area contributed by atoms with Crippen LogP contribution in [0.15, 0.2) is 36.7 Å². The van der Waals surface area contributed by atoms with Gasteiger partial charge in [-0.15, -0.1) is 0 Å². The molecule has 4 aromatic rings. The van der Waals surface area contributed by atoms with Gasteiger partial charge in [-0.2, -0.15) is 5.10 Å². The van der Waals surface area contributed by atoms with Crippen LogP contribution in [0.5, 0.6) is 0 Å². The third-order valence-corrected chi connectivity index (χ3v) is 5.64. The molecular formula is C23H25N7O2. The van der Waals surface area contributed by atoms with Gasteiger partial charge in [-0.1, -0.05) is 18.2 Å². The Bertz CT molecular complexity index is 1340. The van der Waals surface area contributed by atoms with Crippen LogP contribution < -0.4 is 11.1 Å². The van der Waals surface area contributed by atoms with Gasteiger partial charge in [0.05, 0.1) is 22.8 Å². The summed E-state index contributed by atoms with van der Waals surface area (Å²) in [5.41, 5.74) is 11.8. The van der Waals surface area contributed by atoms with Crippen LogP contribution in [-0.4, -0.2) is 36.0 Å². The van der Waals surface area contributed by atoms with Gasteiger partial charge in [0, 0.05) is 17.8 Å². The number of para-hydroxylation sites is 1. The zero-order valence-corrected chi connectivity index (χ0v) is 18.5. The fourth-order valence-corrected chi connectivity index (χ4v) is 3.95. The number of imidazole rings is 1. The molecule has 2 amide bonds. The van der Waals surface area contributed by atoms with E-state index in [1.54, 1.807) is 4.40 Å². The Morgan fingerprint density at radius 2 is 1.75 bits per heavy atom. The Kier molecular flexibility index (Phi) is 5.48. The van der Waals surface area contributed by atoms with E-state index < -0.39 is 5.91 Å². The average molecular weight is 432 g/mol. The van der Waals surface area contributed by atoms with Crippen molar-refractivity contribution in [3.8, 4) is 5.69 Å². The van der Waals surface area contributed by atoms with Crippen LogP contribution in [0.2, 0.25) is 0 Å². The molecule has 0 fully saturated rings. The van der Waals surface area contributed by atoms with Gasteiger partial charge in [-0.05, 0) is 51.8 Å². The summed E-state index contributed by atoms with van der Waals surface area (Å²) in [6.45, 7) is 7.59. The Morgan fingerprint density at radius 1 is 1.03 bits per heavy atom. The molecule has 164 valence electrons. The number of aryl methyl sites for hydroxylation is 3. The zero-order valence-electron chi connectivity index (χ0n) is 18.5. The minimum atomic E-state index is -0.618. The van der Waals surface area contributed by atoms with Crippen molar-refractivity contribution < 1.29 is 9.59 Å². The molecule has 3 N–H and O–H groups in total. The number of hydrogen-bond donors (Lipinski definition) is 2. The van der Waals surface area contributed by atoms with E-state index in [-0.39, 0.29) is 18.0 Å². The van der Waals surface area contributed by atoms with Crippen LogP contribution >= 0.6 is 0 Å². The van der Waals surface area contributed by atoms with Crippen molar-refractivity contribution in [2.75, 3.05) is 5.32 Å². The minimum Gasteiger partial charge on any atom is -0.364 e. The Morgan fingerprint density at radius 3 is 2.44 bits per heavy atom. The van der Waals surface area contributed by atoms with Crippen LogP contribution in [-0.2, 0) is 11.2 Å². The molecule has 9 heteroatoms. The third kappa shape index (κ3) is 3.73. The predicted octanol–water partition coefficient (Wildman–Crippen LogP) is 2.82. The number of carbonyl (C=O) groups is 2. The van der Waals surface area contributed by atoms with Gasteiger partial charge in [0.25, 0.3) is 5.91 Å². The molecule has 1 aromatic carbocycles. The third-order valence-electron chi connectivity index (χ3n) is 5.64. The van der Waals surface area contributed by atoms with E-state index in [1.807, 2.05) is 62.7 Å². The molecule has 9 nitrogen and oxygen atoms in total. The van der Waals surface area contributed by atoms with Gasteiger partial charge in [-0.3, -0.25) is 14.0 Å². The van der Waals surface area contributed by atoms with Crippen molar-refractivity contribution in [3.05, 3.63) is 70.7 Å². The van der Waals surface area contributed by atoms with Gasteiger partial charge in [-0.25, -0.2) is 14.6 Å². The molecule has 0 spiro atoms. The quantitative estimate of drug-likeness (QED) is 0.486. The molecule has 0 radical (unpaired) electrons. The molecular weight excluding hydrogens is 406 g/mol. The lowest BCUT2D eigenvalue weighted by Crippen LogP contribution is -2.16. The summed E-state index contributed by atoms with van der Waals surface area (Å²) in [6.07, 6.45) is 2.31. The van der Waals surface area contributed by atoms with E-state index in [2.05, 4.69) is 20.4 Å². The minimum absolute atomic E-state index is 0.105. The van der Waals surface area contributed by atoms with Crippen molar-refractivity contribution in [2.45, 2.75) is 40.5 Å². The number of nitrogens with one attached hydrogen (secondary N) is 1. The van der Waals surface area contributed by atoms with E-state index >= 15 is 0 Å². The number of carbonyl (C=O) groups excluding carboxylic acids is 2. The topological polar surface area (TPSA) is 120 Å². The second-order valence-corrected chi connectivity index (χ2v) is 7.75. The molecule has 0 saturated carbocycles. The Hall–Kier alpha value is -4.01. The average Bonchev–Trinajstić information content (AvgIpc) is 3.31. The molecule has 3 aromatic heterocycles. The maximum absolute atomic E-state index is 12.8. The maximum Gasteiger partial charge on any atom is 0.271 e. The first-order chi connectivity index (χ1) is 15.3. The van der Waals surface area contributed by atoms with Crippen molar-refractivity contribution in [3.63, 3.8) is 0 Å². The largest absolute Gasteiger partial charge is 0.364 e. The van der Waals surface area contributed by atoms with E-state index in [4.69, 9.17) is 5.73 Å². The van der Waals surface area contributed by atoms with Crippen molar-refractivity contribution >= 4 is 23.1 Å². The first kappa shape index (κ1) is 21.2. The molecule has 4 rings (SSSR count). The molecule has 0 bridgehead atoms. The lowest BCUT2D eigenvalue weighted by atomic mass is 10.1. The first-order valence-electron chi connectivity index (χ1n) is 10.3. The van der Waals surface area contributed by atoms with Crippen LogP contribution in [0.1, 0.15) is 45.2 Å². The molecule has 0 aliphatic carbocycles. The SMILES string of the molecule is Cc1nc2c(C(N)=O)ncn2c(C)c1CCC(=O)Nc1c(C)nn(-c2ccccc2)c1C. The van der Waals surface area contributed by atoms with Gasteiger partial charge in [0.1, 0.15) is 6.33 Å². The highest BCUT2D eigenvalue weighted by Crippen LogP contribution is 2.24. The first-order valence-corrected chi connectivity index (χ1v) is 10.3. The number of anilines is 1. The second-order valence-electron chi connectivity index (χ2n) is 7.75. The number of primary amides is 1. The van der Waals surface area contributed by atoms with E-state index in [0.717, 1.165) is 39.7 Å². The lowest BCUT2D eigenvalue weighted by Gasteiger charge is -2.12. The molecule has 32 heavy (non-hydrogen) atoms. The summed E-state index contributed by atoms with van der Waals surface area (Å²) < 4.78 is 3.56. The highest BCUT2D eigenvalue weighted by Gasteiger charge is 2.19. The summed E-state index contributed by atoms with van der Waals surface area (Å²) in [5, 5.41) is 7.59. The Balaban J connectivity index is 1.52. The van der Waals surface area contributed by atoms with Crippen molar-refractivity contribution in [1.82, 2.24) is 24.1 Å². The summed E-state index contributed by atoms with van der Waals surface area (Å²) in [6, 6.07) is 9.80. The summed E-state index contributed by atoms with van der Waals surface area (Å²) >= 11 is 0. The zero-order chi connectivity index (χ0) is 23.0. The monoisotopic (exact) mass is 431 g/mol. The van der Waals surface area contributed by atoms with Gasteiger partial charge in [0.2, 0.25) is 5.91 Å². The number of fused-ring (bicyclic) bond motifs is 1. The smallest absolute Gasteiger partial charge is 0.271 e. The highest BCUT2D eigenvalue weighted by molar-refractivity contribution is 5.96. The number of rotatable bonds is 6. The molecule has 0 unspecified atom stereocenters. The van der Waals surface area contributed by atoms with E-state index in [9.17, 15) is 9.59 Å². The van der Waals surface area contributed by atoms with Gasteiger partial charge >= 0.3 is 0 Å². The number of nitrogens with zero attached hydrogens (tertiary/aromatic N) is 5. The molecule has 0 atom stereocenters. The maximum atomic E-state index is 12.8. The van der Waals surface area contributed by atoms with E-state index in [1.165, 1.54) is 6.33 Å². The molecule has 3 heterocycles. The summed E-state index contributed by atoms with van der Waals surface area (Å²) in [7, 11) is 0. The molecule has 0 aliphatic heterocycles. The standard InChI is InChI=1S/C23H25N7O2/c1-13-18(15(3)29-12-25-21(22(24)32)23(29)26-13)10-11-19(31)27-20-14(2)28-30(16(20)4)17-8-6-5-7-9-17/h5-9,12H,10-11H2,1-4H3,(H2,24,32)(H,27,31). The van der Waals surface area contributed by atoms with Crippen LogP contribution in [0, 0.1) is 27.7 Å². The lowest BCUT2D eigenvalue weighted by molar-refractivity contribution is -0.116. The van der Waals surface area contributed by atoms with Crippen molar-refractivity contribution in [2.24, 2.45) is 5.73 Å². The highest BCUT2D eigenvalue weighted by atomic mass is 16.2. The van der Waals surface area contributed by atoms with Crippen LogP contribution in [0.4, 0.5) is 5.69 Å². The normalized spacial score (nSPS) is 11.1. The van der Waals surface area contributed by atoms with Gasteiger partial charge < -0.3 is 11.1 Å². The molecule has 0 saturated heterocycles. The van der Waals surface area contributed by atoms with Gasteiger partial charge in [0.15, 0.2) is 11.3 Å². The number of aromatic nitrogens is 5. The summed E-state index contributed by atoms with van der Waals surface area (Å²) in [4.78, 5) is 32.9. The van der Waals surface area contributed by atoms with E-state index in [0.29, 0.717) is 12.1 Å². The van der Waals surface area contributed by atoms with Crippen LogP contribution in [0.3, 0.4) is 0 Å². The number of nitrogens with two attached hydrogens (primary N) is 1. The Labute approximate surface area is 185 Å². The summed E-state index contributed by atoms with van der Waals surface area (Å²) in [5.74, 6) is -0.723. The fourth-order valence-electron chi connectivity index (χ4n) is 3.95. The number of hydrogen-bond acceptors (Lipinski definition) is 5. The second kappa shape index (κ2) is 8.26. The number of amides is 2. The number of benzene rings is 1. The van der Waals surface area contributed by atoms with Crippen molar-refractivity contribution in [1.29, 1.82) is 0 Å². The van der Waals surface area contributed by atoms with Crippen LogP contribution in [0.25, 0.3) is 11.3 Å². The molecule has 0 aliphatic rings.